The third-order valence-electron chi connectivity index (χ3n) is 6.01. The number of hydrogen-bond acceptors (Lipinski definition) is 1. The van der Waals surface area contributed by atoms with E-state index in [1.807, 2.05) is 0 Å². The van der Waals surface area contributed by atoms with Gasteiger partial charge in [0.2, 0.25) is 0 Å². The standard InChI is InChI=1S/C19H29N/c1-13-9-10-16(11-14(13)2)19(20-3)18-12-17(18)15-7-5-4-6-8-15/h4-8,13-14,16-20H,9-12H2,1-3H3. The van der Waals surface area contributed by atoms with Crippen LogP contribution >= 0.6 is 0 Å². The second kappa shape index (κ2) is 5.89. The van der Waals surface area contributed by atoms with Crippen LogP contribution in [0.1, 0.15) is 51.0 Å². The van der Waals surface area contributed by atoms with Crippen molar-refractivity contribution in [3.8, 4) is 0 Å². The molecule has 1 aromatic rings. The van der Waals surface area contributed by atoms with Gasteiger partial charge in [0, 0.05) is 6.04 Å². The Bertz CT molecular complexity index is 427. The largest absolute Gasteiger partial charge is 0.316 e. The first kappa shape index (κ1) is 14.1. The van der Waals surface area contributed by atoms with Gasteiger partial charge in [-0.2, -0.15) is 0 Å². The van der Waals surface area contributed by atoms with E-state index in [-0.39, 0.29) is 0 Å². The Labute approximate surface area is 124 Å². The van der Waals surface area contributed by atoms with Crippen LogP contribution in [-0.2, 0) is 0 Å². The summed E-state index contributed by atoms with van der Waals surface area (Å²) in [5.74, 6) is 4.40. The van der Waals surface area contributed by atoms with Crippen molar-refractivity contribution < 1.29 is 0 Å². The SMILES string of the molecule is CNC(C1CCC(C)C(C)C1)C1CC1c1ccccc1. The van der Waals surface area contributed by atoms with E-state index in [0.29, 0.717) is 0 Å². The normalized spacial score (nSPS) is 38.5. The van der Waals surface area contributed by atoms with Gasteiger partial charge in [0.25, 0.3) is 0 Å². The molecule has 0 radical (unpaired) electrons. The molecule has 0 amide bonds. The van der Waals surface area contributed by atoms with Gasteiger partial charge in [-0.1, -0.05) is 50.6 Å². The summed E-state index contributed by atoms with van der Waals surface area (Å²) < 4.78 is 0. The Morgan fingerprint density at radius 3 is 2.40 bits per heavy atom. The molecule has 0 heterocycles. The topological polar surface area (TPSA) is 12.0 Å². The van der Waals surface area contributed by atoms with Gasteiger partial charge in [-0.3, -0.25) is 0 Å². The molecule has 1 heteroatoms. The van der Waals surface area contributed by atoms with Crippen LogP contribution in [0.15, 0.2) is 30.3 Å². The monoisotopic (exact) mass is 271 g/mol. The molecule has 2 saturated carbocycles. The van der Waals surface area contributed by atoms with Crippen LogP contribution in [0, 0.1) is 23.7 Å². The van der Waals surface area contributed by atoms with Gasteiger partial charge >= 0.3 is 0 Å². The van der Waals surface area contributed by atoms with E-state index < -0.39 is 0 Å². The van der Waals surface area contributed by atoms with E-state index in [2.05, 4.69) is 56.5 Å². The van der Waals surface area contributed by atoms with Gasteiger partial charge in [0.1, 0.15) is 0 Å². The number of hydrogen-bond donors (Lipinski definition) is 1. The van der Waals surface area contributed by atoms with Crippen LogP contribution in [0.2, 0.25) is 0 Å². The predicted molar refractivity (Wildman–Crippen MR) is 85.8 cm³/mol. The Hall–Kier alpha value is -0.820. The molecule has 6 atom stereocenters. The molecule has 20 heavy (non-hydrogen) atoms. The van der Waals surface area contributed by atoms with Crippen molar-refractivity contribution in [3.63, 3.8) is 0 Å². The lowest BCUT2D eigenvalue weighted by Gasteiger charge is -2.37. The molecule has 0 aromatic heterocycles. The molecule has 2 aliphatic carbocycles. The van der Waals surface area contributed by atoms with Crippen LogP contribution in [0.25, 0.3) is 0 Å². The first-order chi connectivity index (χ1) is 9.70. The number of rotatable bonds is 4. The zero-order chi connectivity index (χ0) is 14.1. The maximum atomic E-state index is 3.67. The van der Waals surface area contributed by atoms with Crippen molar-refractivity contribution in [1.29, 1.82) is 0 Å². The summed E-state index contributed by atoms with van der Waals surface area (Å²) in [5.41, 5.74) is 1.55. The number of nitrogens with one attached hydrogen (secondary N) is 1. The fourth-order valence-electron chi connectivity index (χ4n) is 4.41. The third kappa shape index (κ3) is 2.79. The highest BCUT2D eigenvalue weighted by Gasteiger charge is 2.46. The van der Waals surface area contributed by atoms with Crippen LogP contribution in [0.3, 0.4) is 0 Å². The average molecular weight is 271 g/mol. The van der Waals surface area contributed by atoms with E-state index in [4.69, 9.17) is 0 Å². The van der Waals surface area contributed by atoms with Crippen molar-refractivity contribution in [2.45, 2.75) is 51.5 Å². The molecule has 1 N–H and O–H groups in total. The number of benzene rings is 1. The zero-order valence-corrected chi connectivity index (χ0v) is 13.2. The summed E-state index contributed by atoms with van der Waals surface area (Å²) in [6.45, 7) is 4.88. The van der Waals surface area contributed by atoms with Gasteiger partial charge in [-0.05, 0) is 61.5 Å². The second-order valence-corrected chi connectivity index (χ2v) is 7.26. The van der Waals surface area contributed by atoms with E-state index in [9.17, 15) is 0 Å². The van der Waals surface area contributed by atoms with Gasteiger partial charge in [-0.25, -0.2) is 0 Å². The van der Waals surface area contributed by atoms with Gasteiger partial charge in [0.05, 0.1) is 0 Å². The smallest absolute Gasteiger partial charge is 0.0127 e. The van der Waals surface area contributed by atoms with E-state index in [0.717, 1.165) is 35.6 Å². The molecule has 0 bridgehead atoms. The summed E-state index contributed by atoms with van der Waals surface area (Å²) in [6.07, 6.45) is 5.66. The lowest BCUT2D eigenvalue weighted by molar-refractivity contribution is 0.164. The van der Waals surface area contributed by atoms with Crippen molar-refractivity contribution in [1.82, 2.24) is 5.32 Å². The van der Waals surface area contributed by atoms with Crippen LogP contribution in [0.5, 0.6) is 0 Å². The highest BCUT2D eigenvalue weighted by atomic mass is 14.9. The van der Waals surface area contributed by atoms with E-state index in [1.165, 1.54) is 25.7 Å². The fraction of sp³-hybridized carbons (Fsp3) is 0.684. The summed E-state index contributed by atoms with van der Waals surface area (Å²) in [5, 5.41) is 3.67. The molecule has 1 aromatic carbocycles. The van der Waals surface area contributed by atoms with Gasteiger partial charge < -0.3 is 5.32 Å². The molecule has 2 fully saturated rings. The molecule has 1 nitrogen and oxygen atoms in total. The minimum atomic E-state index is 0.732. The van der Waals surface area contributed by atoms with E-state index in [1.54, 1.807) is 5.56 Å². The fourth-order valence-corrected chi connectivity index (χ4v) is 4.41. The Morgan fingerprint density at radius 1 is 1.00 bits per heavy atom. The maximum Gasteiger partial charge on any atom is 0.0127 e. The Balaban J connectivity index is 1.64. The molecule has 0 aliphatic heterocycles. The summed E-state index contributed by atoms with van der Waals surface area (Å²) in [6, 6.07) is 11.8. The maximum absolute atomic E-state index is 3.67. The predicted octanol–water partition coefficient (Wildman–Crippen LogP) is 4.45. The quantitative estimate of drug-likeness (QED) is 0.853. The Kier molecular flexibility index (Phi) is 4.16. The molecule has 3 rings (SSSR count). The molecule has 110 valence electrons. The first-order valence-electron chi connectivity index (χ1n) is 8.43. The molecule has 6 unspecified atom stereocenters. The summed E-state index contributed by atoms with van der Waals surface area (Å²) in [7, 11) is 2.17. The zero-order valence-electron chi connectivity index (χ0n) is 13.2. The Morgan fingerprint density at radius 2 is 1.75 bits per heavy atom. The van der Waals surface area contributed by atoms with Crippen molar-refractivity contribution >= 4 is 0 Å². The third-order valence-corrected chi connectivity index (χ3v) is 6.01. The lowest BCUT2D eigenvalue weighted by atomic mass is 9.72. The lowest BCUT2D eigenvalue weighted by Crippen LogP contribution is -2.39. The minimum Gasteiger partial charge on any atom is -0.316 e. The van der Waals surface area contributed by atoms with Crippen molar-refractivity contribution in [2.75, 3.05) is 7.05 Å². The van der Waals surface area contributed by atoms with Crippen molar-refractivity contribution in [2.24, 2.45) is 23.7 Å². The summed E-state index contributed by atoms with van der Waals surface area (Å²) >= 11 is 0. The van der Waals surface area contributed by atoms with Gasteiger partial charge in [0.15, 0.2) is 0 Å². The minimum absolute atomic E-state index is 0.732. The van der Waals surface area contributed by atoms with Crippen molar-refractivity contribution in [3.05, 3.63) is 35.9 Å². The molecular formula is C19H29N. The molecular weight excluding hydrogens is 242 g/mol. The average Bonchev–Trinajstić information content (AvgIpc) is 3.25. The highest BCUT2D eigenvalue weighted by molar-refractivity contribution is 5.27. The van der Waals surface area contributed by atoms with Crippen LogP contribution in [0.4, 0.5) is 0 Å². The molecule has 0 saturated heterocycles. The van der Waals surface area contributed by atoms with Crippen LogP contribution < -0.4 is 5.32 Å². The van der Waals surface area contributed by atoms with Crippen LogP contribution in [-0.4, -0.2) is 13.1 Å². The highest BCUT2D eigenvalue weighted by Crippen LogP contribution is 2.52. The molecule has 0 spiro atoms. The first-order valence-corrected chi connectivity index (χ1v) is 8.43. The second-order valence-electron chi connectivity index (χ2n) is 7.26. The molecule has 2 aliphatic rings. The van der Waals surface area contributed by atoms with E-state index >= 15 is 0 Å². The van der Waals surface area contributed by atoms with Gasteiger partial charge in [-0.15, -0.1) is 0 Å². The summed E-state index contributed by atoms with van der Waals surface area (Å²) in [4.78, 5) is 0.